The highest BCUT2D eigenvalue weighted by molar-refractivity contribution is 7.80. The van der Waals surface area contributed by atoms with Gasteiger partial charge in [0.25, 0.3) is 11.8 Å². The van der Waals surface area contributed by atoms with Crippen LogP contribution in [0, 0.1) is 5.92 Å². The molecule has 2 aromatic carbocycles. The Labute approximate surface area is 189 Å². The van der Waals surface area contributed by atoms with Gasteiger partial charge in [0.2, 0.25) is 0 Å². The molecule has 2 unspecified atom stereocenters. The molecule has 1 saturated heterocycles. The lowest BCUT2D eigenvalue weighted by Crippen LogP contribution is -2.54. The van der Waals surface area contributed by atoms with Crippen molar-refractivity contribution in [2.24, 2.45) is 11.0 Å². The highest BCUT2D eigenvalue weighted by atomic mass is 35.5. The van der Waals surface area contributed by atoms with Crippen LogP contribution in [-0.2, 0) is 9.59 Å². The topological polar surface area (TPSA) is 74.2 Å². The summed E-state index contributed by atoms with van der Waals surface area (Å²) in [5.74, 6) is -0.505. The number of amides is 2. The number of anilines is 2. The molecule has 2 amide bonds. The molecular weight excluding hydrogens is 436 g/mol. The second kappa shape index (κ2) is 8.49. The second-order valence-corrected chi connectivity index (χ2v) is 7.90. The van der Waals surface area contributed by atoms with E-state index >= 15 is 0 Å². The number of carbonyl (C=O) groups excluding carboxylic acids is 2. The Bertz CT molecular complexity index is 1100. The van der Waals surface area contributed by atoms with Crippen LogP contribution in [0.15, 0.2) is 65.3 Å². The van der Waals surface area contributed by atoms with E-state index in [9.17, 15) is 9.59 Å². The lowest BCUT2D eigenvalue weighted by molar-refractivity contribution is -0.122. The summed E-state index contributed by atoms with van der Waals surface area (Å²) in [5, 5.41) is 9.47. The fourth-order valence-corrected chi connectivity index (χ4v) is 3.86. The van der Waals surface area contributed by atoms with Crippen LogP contribution in [0.25, 0.3) is 0 Å². The number of carbonyl (C=O) groups is 2. The van der Waals surface area contributed by atoms with Gasteiger partial charge in [-0.25, -0.2) is 0 Å². The van der Waals surface area contributed by atoms with Gasteiger partial charge in [-0.1, -0.05) is 17.7 Å². The molecule has 2 atom stereocenters. The van der Waals surface area contributed by atoms with Crippen LogP contribution in [0.1, 0.15) is 6.92 Å². The summed E-state index contributed by atoms with van der Waals surface area (Å²) in [6.45, 7) is 1.98. The summed E-state index contributed by atoms with van der Waals surface area (Å²) in [4.78, 5) is 27.0. The smallest absolute Gasteiger partial charge is 0.269 e. The van der Waals surface area contributed by atoms with Gasteiger partial charge in [-0.2, -0.15) is 5.10 Å². The Morgan fingerprint density at radius 3 is 2.39 bits per heavy atom. The molecule has 1 N–H and O–H groups in total. The second-order valence-electron chi connectivity index (χ2n) is 7.08. The fourth-order valence-electron chi connectivity index (χ4n) is 3.45. The van der Waals surface area contributed by atoms with E-state index < -0.39 is 11.8 Å². The Morgan fingerprint density at radius 2 is 1.74 bits per heavy atom. The number of thiocarbonyl (C=S) groups is 1. The normalized spacial score (nSPS) is 22.3. The summed E-state index contributed by atoms with van der Waals surface area (Å²) >= 11 is 11.2. The number of hydrogen-bond donors (Lipinski definition) is 1. The largest absolute Gasteiger partial charge is 0.497 e. The molecular formula is C22H19ClN4O3S. The molecule has 9 heteroatoms. The summed E-state index contributed by atoms with van der Waals surface area (Å²) in [7, 11) is 1.61. The van der Waals surface area contributed by atoms with Crippen molar-refractivity contribution < 1.29 is 14.3 Å². The van der Waals surface area contributed by atoms with Crippen LogP contribution in [0.5, 0.6) is 5.75 Å². The Morgan fingerprint density at radius 1 is 1.10 bits per heavy atom. The maximum absolute atomic E-state index is 13.2. The number of benzene rings is 2. The summed E-state index contributed by atoms with van der Waals surface area (Å²) in [6.07, 6.45) is 3.36. The number of nitrogens with zero attached hydrogens (tertiary/aromatic N) is 3. The minimum atomic E-state index is -0.524. The molecule has 0 radical (unpaired) electrons. The van der Waals surface area contributed by atoms with Crippen LogP contribution in [-0.4, -0.2) is 36.3 Å². The maximum atomic E-state index is 13.2. The van der Waals surface area contributed by atoms with E-state index in [2.05, 4.69) is 10.4 Å². The molecule has 2 heterocycles. The lowest BCUT2D eigenvalue weighted by Gasteiger charge is -2.29. The van der Waals surface area contributed by atoms with Crippen molar-refractivity contribution in [3.63, 3.8) is 0 Å². The fraction of sp³-hybridized carbons (Fsp3) is 0.182. The predicted octanol–water partition coefficient (Wildman–Crippen LogP) is 3.53. The van der Waals surface area contributed by atoms with Gasteiger partial charge in [-0.15, -0.1) is 0 Å². The van der Waals surface area contributed by atoms with E-state index in [0.29, 0.717) is 10.7 Å². The Hall–Kier alpha value is -3.23. The van der Waals surface area contributed by atoms with Gasteiger partial charge < -0.3 is 4.74 Å². The number of rotatable bonds is 4. The molecule has 0 bridgehead atoms. The van der Waals surface area contributed by atoms with Crippen LogP contribution in [0.2, 0.25) is 5.02 Å². The maximum Gasteiger partial charge on any atom is 0.269 e. The Balaban J connectivity index is 1.59. The molecule has 0 aliphatic carbocycles. The first-order valence-corrected chi connectivity index (χ1v) is 10.3. The third kappa shape index (κ3) is 4.04. The van der Waals surface area contributed by atoms with Crippen molar-refractivity contribution in [3.8, 4) is 5.75 Å². The van der Waals surface area contributed by atoms with Crippen molar-refractivity contribution in [1.29, 1.82) is 0 Å². The van der Waals surface area contributed by atoms with Gasteiger partial charge in [-0.05, 0) is 67.7 Å². The van der Waals surface area contributed by atoms with Gasteiger partial charge in [-0.3, -0.25) is 24.8 Å². The van der Waals surface area contributed by atoms with Crippen molar-refractivity contribution in [2.45, 2.75) is 13.0 Å². The summed E-state index contributed by atoms with van der Waals surface area (Å²) < 4.78 is 5.19. The minimum Gasteiger partial charge on any atom is -0.497 e. The van der Waals surface area contributed by atoms with Crippen LogP contribution in [0.4, 0.5) is 11.4 Å². The lowest BCUT2D eigenvalue weighted by atomic mass is 9.98. The molecule has 7 nitrogen and oxygen atoms in total. The minimum absolute atomic E-state index is 0.0171. The van der Waals surface area contributed by atoms with Crippen LogP contribution < -0.4 is 20.0 Å². The molecule has 4 rings (SSSR count). The van der Waals surface area contributed by atoms with E-state index in [0.717, 1.165) is 11.4 Å². The SMILES string of the molecule is COc1ccc(N2N=CC(/C=C3\C(=O)NC(=S)N(c4ccc(Cl)cc4)C3=O)C2C)cc1. The number of hydrazone groups is 1. The van der Waals surface area contributed by atoms with Gasteiger partial charge in [0.15, 0.2) is 5.11 Å². The molecule has 0 saturated carbocycles. The number of ether oxygens (including phenoxy) is 1. The zero-order valence-electron chi connectivity index (χ0n) is 16.8. The zero-order valence-corrected chi connectivity index (χ0v) is 18.4. The number of nitrogens with one attached hydrogen (secondary N) is 1. The van der Waals surface area contributed by atoms with E-state index in [1.165, 1.54) is 4.90 Å². The van der Waals surface area contributed by atoms with Gasteiger partial charge in [0.05, 0.1) is 24.5 Å². The highest BCUT2D eigenvalue weighted by Crippen LogP contribution is 2.29. The Kier molecular flexibility index (Phi) is 5.75. The van der Waals surface area contributed by atoms with E-state index in [4.69, 9.17) is 28.6 Å². The number of methoxy groups -OCH3 is 1. The predicted molar refractivity (Wildman–Crippen MR) is 125 cm³/mol. The van der Waals surface area contributed by atoms with Crippen molar-refractivity contribution in [3.05, 3.63) is 65.2 Å². The van der Waals surface area contributed by atoms with Crippen LogP contribution >= 0.6 is 23.8 Å². The average molecular weight is 455 g/mol. The zero-order chi connectivity index (χ0) is 22.1. The summed E-state index contributed by atoms with van der Waals surface area (Å²) in [6, 6.07) is 14.1. The first-order valence-electron chi connectivity index (χ1n) is 9.53. The molecule has 31 heavy (non-hydrogen) atoms. The first kappa shape index (κ1) is 21.0. The highest BCUT2D eigenvalue weighted by Gasteiger charge is 2.36. The monoisotopic (exact) mass is 454 g/mol. The molecule has 1 fully saturated rings. The molecule has 2 aromatic rings. The van der Waals surface area contributed by atoms with Gasteiger partial charge in [0, 0.05) is 17.2 Å². The van der Waals surface area contributed by atoms with E-state index in [1.807, 2.05) is 36.2 Å². The number of hydrogen-bond acceptors (Lipinski definition) is 6. The molecule has 158 valence electrons. The first-order chi connectivity index (χ1) is 14.9. The standard InChI is InChI=1S/C22H19ClN4O3S/c1-13-14(12-24-27(13)17-7-9-18(30-2)10-8-17)11-19-20(28)25-22(31)26(21(19)29)16-5-3-15(23)4-6-16/h3-14H,1-2H3,(H,25,28,31)/b19-11+. The van der Waals surface area contributed by atoms with Crippen molar-refractivity contribution >= 4 is 58.3 Å². The van der Waals surface area contributed by atoms with E-state index in [-0.39, 0.29) is 22.6 Å². The average Bonchev–Trinajstić information content (AvgIpc) is 3.12. The van der Waals surface area contributed by atoms with Crippen molar-refractivity contribution in [1.82, 2.24) is 5.32 Å². The molecule has 0 spiro atoms. The van der Waals surface area contributed by atoms with Gasteiger partial charge >= 0.3 is 0 Å². The third-order valence-electron chi connectivity index (χ3n) is 5.19. The molecule has 2 aliphatic heterocycles. The van der Waals surface area contributed by atoms with Crippen LogP contribution in [0.3, 0.4) is 0 Å². The van der Waals surface area contributed by atoms with Gasteiger partial charge in [0.1, 0.15) is 11.3 Å². The molecule has 0 aromatic heterocycles. The quantitative estimate of drug-likeness (QED) is 0.434. The van der Waals surface area contributed by atoms with E-state index in [1.54, 1.807) is 43.7 Å². The van der Waals surface area contributed by atoms with Crippen molar-refractivity contribution in [2.75, 3.05) is 17.0 Å². The molecule has 2 aliphatic rings. The third-order valence-corrected chi connectivity index (χ3v) is 5.73. The summed E-state index contributed by atoms with van der Waals surface area (Å²) in [5.41, 5.74) is 1.43. The number of halogens is 1.